The second-order valence-corrected chi connectivity index (χ2v) is 15.9. The van der Waals surface area contributed by atoms with Gasteiger partial charge in [-0.25, -0.2) is 0 Å². The summed E-state index contributed by atoms with van der Waals surface area (Å²) in [6.45, 7) is 4.83. The molecule has 0 bridgehead atoms. The Labute approximate surface area is 309 Å². The molecule has 0 radical (unpaired) electrons. The number of hydrogen-bond donors (Lipinski definition) is 0. The van der Waals surface area contributed by atoms with Gasteiger partial charge in [0, 0.05) is 16.4 Å². The lowest BCUT2D eigenvalue weighted by molar-refractivity contribution is 0.631. The zero-order valence-electron chi connectivity index (χ0n) is 29.8. The highest BCUT2D eigenvalue weighted by molar-refractivity contribution is 6.21. The van der Waals surface area contributed by atoms with Crippen molar-refractivity contribution in [3.8, 4) is 55.8 Å². The Kier molecular flexibility index (Phi) is 5.80. The third-order valence-electron chi connectivity index (χ3n) is 12.8. The fraction of sp³-hybridized carbons (Fsp3) is 0.115. The van der Waals surface area contributed by atoms with E-state index < -0.39 is 0 Å². The van der Waals surface area contributed by atoms with Crippen LogP contribution in [-0.2, 0) is 5.41 Å². The molecule has 1 saturated carbocycles. The molecule has 1 aromatic heterocycles. The number of furan rings is 1. The molecule has 250 valence electrons. The maximum atomic E-state index is 6.23. The van der Waals surface area contributed by atoms with Crippen LogP contribution >= 0.6 is 0 Å². The highest BCUT2D eigenvalue weighted by Gasteiger charge is 2.48. The van der Waals surface area contributed by atoms with Crippen molar-refractivity contribution in [2.45, 2.75) is 37.5 Å². The molecular formula is C52H36O. The van der Waals surface area contributed by atoms with Gasteiger partial charge in [0.15, 0.2) is 0 Å². The van der Waals surface area contributed by atoms with Crippen molar-refractivity contribution in [3.05, 3.63) is 180 Å². The fourth-order valence-corrected chi connectivity index (χ4v) is 10.2. The molecule has 1 fully saturated rings. The maximum Gasteiger partial charge on any atom is 0.135 e. The molecule has 3 aliphatic carbocycles. The highest BCUT2D eigenvalue weighted by atomic mass is 16.3. The number of hydrogen-bond acceptors (Lipinski definition) is 1. The van der Waals surface area contributed by atoms with E-state index in [9.17, 15) is 0 Å². The summed E-state index contributed by atoms with van der Waals surface area (Å²) in [6, 6.07) is 58.8. The summed E-state index contributed by atoms with van der Waals surface area (Å²) in [5, 5.41) is 6.22. The standard InChI is InChI=1S/C52H36O/c1-52(2)44-25-23-33(27-43(44)51-45(52)26-24-40-42-29-41(42)34-12-4-5-13-35(34)50(40)51)49-38-16-8-6-14-36(38)48(37-15-7-9-17-39(37)49)31-21-19-30(20-22-31)47-28-32-11-3-10-18-46(32)53-47/h3-28,41-42H,29H2,1-2H3. The average molecular weight is 677 g/mol. The van der Waals surface area contributed by atoms with Gasteiger partial charge in [0.05, 0.1) is 0 Å². The first-order chi connectivity index (χ1) is 26.0. The van der Waals surface area contributed by atoms with Crippen LogP contribution in [0.3, 0.4) is 0 Å². The molecule has 0 aliphatic heterocycles. The van der Waals surface area contributed by atoms with Crippen LogP contribution in [0.25, 0.3) is 88.3 Å². The molecule has 2 atom stereocenters. The summed E-state index contributed by atoms with van der Waals surface area (Å²) in [6.07, 6.45) is 1.27. The SMILES string of the molecule is CC1(C)c2ccc(-c3c4ccccc4c(-c4ccc(-c5cc6ccccc6o5)cc4)c4ccccc34)cc2-c2c1ccc1c2-c2ccccc2C2CC12. The van der Waals surface area contributed by atoms with E-state index in [0.717, 1.165) is 22.3 Å². The van der Waals surface area contributed by atoms with E-state index in [0.29, 0.717) is 11.8 Å². The molecule has 53 heavy (non-hydrogen) atoms. The second kappa shape index (κ2) is 10.5. The molecule has 1 heteroatoms. The molecule has 0 amide bonds. The van der Waals surface area contributed by atoms with E-state index in [2.05, 4.69) is 159 Å². The molecule has 0 saturated heterocycles. The Morgan fingerprint density at radius 1 is 0.453 bits per heavy atom. The van der Waals surface area contributed by atoms with Crippen LogP contribution < -0.4 is 0 Å². The third-order valence-corrected chi connectivity index (χ3v) is 12.8. The minimum absolute atomic E-state index is 0.0733. The molecule has 0 spiro atoms. The van der Waals surface area contributed by atoms with Crippen LogP contribution in [0.5, 0.6) is 0 Å². The van der Waals surface area contributed by atoms with Crippen molar-refractivity contribution >= 4 is 32.5 Å². The summed E-state index contributed by atoms with van der Waals surface area (Å²) in [7, 11) is 0. The molecule has 9 aromatic rings. The molecule has 2 unspecified atom stereocenters. The Hall–Kier alpha value is -6.18. The first kappa shape index (κ1) is 29.4. The molecule has 0 N–H and O–H groups in total. The van der Waals surface area contributed by atoms with Gasteiger partial charge in [-0.2, -0.15) is 0 Å². The second-order valence-electron chi connectivity index (χ2n) is 15.9. The van der Waals surface area contributed by atoms with Crippen molar-refractivity contribution in [1.82, 2.24) is 0 Å². The first-order valence-electron chi connectivity index (χ1n) is 19.0. The predicted octanol–water partition coefficient (Wildman–Crippen LogP) is 14.3. The molecule has 1 nitrogen and oxygen atoms in total. The quantitative estimate of drug-likeness (QED) is 0.170. The van der Waals surface area contributed by atoms with Gasteiger partial charge < -0.3 is 4.42 Å². The van der Waals surface area contributed by atoms with Crippen molar-refractivity contribution in [2.75, 3.05) is 0 Å². The summed E-state index contributed by atoms with van der Waals surface area (Å²) in [5.74, 6) is 2.22. The van der Waals surface area contributed by atoms with E-state index in [1.165, 1.54) is 83.6 Å². The zero-order valence-corrected chi connectivity index (χ0v) is 29.8. The van der Waals surface area contributed by atoms with Crippen molar-refractivity contribution in [1.29, 1.82) is 0 Å². The lowest BCUT2D eigenvalue weighted by Crippen LogP contribution is -2.15. The van der Waals surface area contributed by atoms with Crippen LogP contribution in [0, 0.1) is 0 Å². The Morgan fingerprint density at radius 2 is 1.04 bits per heavy atom. The van der Waals surface area contributed by atoms with E-state index in [1.54, 1.807) is 11.1 Å². The van der Waals surface area contributed by atoms with Gasteiger partial charge in [-0.05, 0) is 125 Å². The van der Waals surface area contributed by atoms with Gasteiger partial charge in [-0.3, -0.25) is 0 Å². The van der Waals surface area contributed by atoms with Crippen molar-refractivity contribution in [2.24, 2.45) is 0 Å². The Balaban J connectivity index is 1.06. The Bertz CT molecular complexity index is 2920. The van der Waals surface area contributed by atoms with Crippen LogP contribution in [0.1, 0.15) is 54.4 Å². The van der Waals surface area contributed by atoms with Crippen LogP contribution in [0.2, 0.25) is 0 Å². The number of benzene rings is 8. The smallest absolute Gasteiger partial charge is 0.135 e. The highest BCUT2D eigenvalue weighted by Crippen LogP contribution is 2.65. The van der Waals surface area contributed by atoms with Gasteiger partial charge in [-0.15, -0.1) is 0 Å². The first-order valence-corrected chi connectivity index (χ1v) is 19.0. The van der Waals surface area contributed by atoms with Crippen LogP contribution in [0.4, 0.5) is 0 Å². The topological polar surface area (TPSA) is 13.1 Å². The molecular weight excluding hydrogens is 641 g/mol. The lowest BCUT2D eigenvalue weighted by Gasteiger charge is -2.25. The minimum Gasteiger partial charge on any atom is -0.456 e. The number of rotatable bonds is 3. The zero-order chi connectivity index (χ0) is 35.0. The predicted molar refractivity (Wildman–Crippen MR) is 221 cm³/mol. The van der Waals surface area contributed by atoms with Gasteiger partial charge in [-0.1, -0.05) is 153 Å². The minimum atomic E-state index is -0.0733. The van der Waals surface area contributed by atoms with Gasteiger partial charge in [0.25, 0.3) is 0 Å². The van der Waals surface area contributed by atoms with Crippen molar-refractivity contribution in [3.63, 3.8) is 0 Å². The van der Waals surface area contributed by atoms with E-state index >= 15 is 0 Å². The third kappa shape index (κ3) is 4.03. The molecule has 8 aromatic carbocycles. The van der Waals surface area contributed by atoms with Crippen LogP contribution in [-0.4, -0.2) is 0 Å². The summed E-state index contributed by atoms with van der Waals surface area (Å²) >= 11 is 0. The summed E-state index contributed by atoms with van der Waals surface area (Å²) < 4.78 is 6.23. The fourth-order valence-electron chi connectivity index (χ4n) is 10.2. The maximum absolute atomic E-state index is 6.23. The monoisotopic (exact) mass is 676 g/mol. The normalized spacial score (nSPS) is 17.3. The van der Waals surface area contributed by atoms with Gasteiger partial charge in [0.1, 0.15) is 11.3 Å². The summed E-state index contributed by atoms with van der Waals surface area (Å²) in [5.41, 5.74) is 18.7. The van der Waals surface area contributed by atoms with E-state index in [1.807, 2.05) is 12.1 Å². The number of para-hydroxylation sites is 1. The lowest BCUT2D eigenvalue weighted by atomic mass is 9.78. The van der Waals surface area contributed by atoms with E-state index in [4.69, 9.17) is 4.42 Å². The average Bonchev–Trinajstić information content (AvgIpc) is 3.84. The molecule has 1 heterocycles. The summed E-state index contributed by atoms with van der Waals surface area (Å²) in [4.78, 5) is 0. The van der Waals surface area contributed by atoms with E-state index in [-0.39, 0.29) is 5.41 Å². The largest absolute Gasteiger partial charge is 0.456 e. The Morgan fingerprint density at radius 3 is 1.77 bits per heavy atom. The van der Waals surface area contributed by atoms with Crippen molar-refractivity contribution < 1.29 is 4.42 Å². The molecule has 3 aliphatic rings. The van der Waals surface area contributed by atoms with Gasteiger partial charge >= 0.3 is 0 Å². The number of fused-ring (bicyclic) bond motifs is 13. The van der Waals surface area contributed by atoms with Crippen LogP contribution in [0.15, 0.2) is 162 Å². The molecule has 12 rings (SSSR count). The van der Waals surface area contributed by atoms with Gasteiger partial charge in [0.2, 0.25) is 0 Å².